The smallest absolute Gasteiger partial charge is 0.260 e. The van der Waals surface area contributed by atoms with Crippen molar-refractivity contribution in [3.63, 3.8) is 0 Å². The van der Waals surface area contributed by atoms with Gasteiger partial charge in [0.1, 0.15) is 17.1 Å². The molecule has 47 heavy (non-hydrogen) atoms. The number of nitrogens with one attached hydrogen (secondary N) is 2. The molecule has 0 saturated carbocycles. The van der Waals surface area contributed by atoms with Crippen LogP contribution >= 0.6 is 23.2 Å². The first-order chi connectivity index (χ1) is 22.7. The van der Waals surface area contributed by atoms with Gasteiger partial charge in [-0.25, -0.2) is 4.98 Å². The molecule has 1 saturated heterocycles. The van der Waals surface area contributed by atoms with Crippen LogP contribution in [-0.2, 0) is 20.9 Å². The number of hydrogen-bond acceptors (Lipinski definition) is 9. The summed E-state index contributed by atoms with van der Waals surface area (Å²) in [6, 6.07) is 9.98. The van der Waals surface area contributed by atoms with Gasteiger partial charge in [-0.1, -0.05) is 48.5 Å². The Balaban J connectivity index is 1.63. The van der Waals surface area contributed by atoms with Gasteiger partial charge < -0.3 is 24.8 Å². The van der Waals surface area contributed by atoms with Crippen LogP contribution in [0.2, 0.25) is 10.0 Å². The number of ketones is 1. The monoisotopic (exact) mass is 677 g/mol. The first-order valence-corrected chi connectivity index (χ1v) is 15.5. The predicted octanol–water partition coefficient (Wildman–Crippen LogP) is 5.92. The number of nitrogens with zero attached hydrogens (tertiary/aromatic N) is 3. The average Bonchev–Trinajstić information content (AvgIpc) is 3.08. The highest BCUT2D eigenvalue weighted by Gasteiger charge is 2.28. The molecule has 0 radical (unpaired) electrons. The number of methoxy groups -OCH3 is 2. The molecule has 1 aliphatic heterocycles. The molecule has 244 valence electrons. The Morgan fingerprint density at radius 3 is 2.43 bits per heavy atom. The molecule has 2 aromatic carbocycles. The van der Waals surface area contributed by atoms with Crippen LogP contribution in [0.3, 0.4) is 0 Å². The highest BCUT2D eigenvalue weighted by Crippen LogP contribution is 2.45. The maximum Gasteiger partial charge on any atom is 0.260 e. The summed E-state index contributed by atoms with van der Waals surface area (Å²) in [4.78, 5) is 47.6. The third-order valence-electron chi connectivity index (χ3n) is 7.92. The van der Waals surface area contributed by atoms with E-state index in [1.807, 2.05) is 0 Å². The van der Waals surface area contributed by atoms with Crippen molar-refractivity contribution in [3.05, 3.63) is 93.9 Å². The van der Waals surface area contributed by atoms with Crippen LogP contribution in [0.15, 0.2) is 72.7 Å². The SMILES string of the molecule is C=CC(=O)C[C@H]1CCOC[C@H]1Nc1ncc2cc(-c3c(Cl)c(OC)cc(OC)c3Cl)c(=O)n(Cc3ccc(NC(=O)C=C)cc3)c2n1. The summed E-state index contributed by atoms with van der Waals surface area (Å²) in [5.74, 6) is 0.428. The van der Waals surface area contributed by atoms with E-state index >= 15 is 0 Å². The summed E-state index contributed by atoms with van der Waals surface area (Å²) in [6.07, 6.45) is 5.12. The normalized spacial score (nSPS) is 15.9. The fourth-order valence-electron chi connectivity index (χ4n) is 5.44. The van der Waals surface area contributed by atoms with Crippen molar-refractivity contribution in [1.82, 2.24) is 14.5 Å². The van der Waals surface area contributed by atoms with Crippen LogP contribution in [0.1, 0.15) is 18.4 Å². The fourth-order valence-corrected chi connectivity index (χ4v) is 6.14. The molecule has 1 fully saturated rings. The summed E-state index contributed by atoms with van der Waals surface area (Å²) in [5.41, 5.74) is 1.66. The van der Waals surface area contributed by atoms with E-state index < -0.39 is 5.56 Å². The standard InChI is InChI=1S/C34H33Cl2N5O6/c1-5-23(42)13-20-11-12-47-18-25(20)39-34-37-16-21-14-24(29-30(35)26(45-3)15-27(46-4)31(29)36)33(44)41(32(21)40-34)17-19-7-9-22(10-8-19)38-28(43)6-2/h5-10,14-16,20,25H,1-2,11-13,17-18H2,3-4H3,(H,38,43)(H,37,39,40)/t20-,25-/m1/s1. The Morgan fingerprint density at radius 1 is 1.09 bits per heavy atom. The number of anilines is 2. The number of pyridine rings is 1. The lowest BCUT2D eigenvalue weighted by Gasteiger charge is -2.31. The largest absolute Gasteiger partial charge is 0.495 e. The van der Waals surface area contributed by atoms with Gasteiger partial charge in [-0.05, 0) is 48.3 Å². The number of ether oxygens (including phenoxy) is 3. The highest BCUT2D eigenvalue weighted by molar-refractivity contribution is 6.41. The molecule has 1 amide bonds. The third-order valence-corrected chi connectivity index (χ3v) is 8.67. The number of aromatic nitrogens is 3. The number of hydrogen-bond donors (Lipinski definition) is 2. The van der Waals surface area contributed by atoms with E-state index in [4.69, 9.17) is 42.4 Å². The number of rotatable bonds is 12. The minimum Gasteiger partial charge on any atom is -0.495 e. The van der Waals surface area contributed by atoms with Crippen LogP contribution in [0.5, 0.6) is 11.5 Å². The van der Waals surface area contributed by atoms with Crippen molar-refractivity contribution in [2.24, 2.45) is 5.92 Å². The van der Waals surface area contributed by atoms with Crippen molar-refractivity contribution in [2.75, 3.05) is 38.1 Å². The van der Waals surface area contributed by atoms with E-state index in [-0.39, 0.29) is 68.8 Å². The van der Waals surface area contributed by atoms with E-state index in [0.717, 1.165) is 5.56 Å². The topological polar surface area (TPSA) is 134 Å². The number of allylic oxidation sites excluding steroid dienone is 1. The van der Waals surface area contributed by atoms with E-state index in [2.05, 4.69) is 28.8 Å². The lowest BCUT2D eigenvalue weighted by molar-refractivity contribution is -0.116. The molecule has 4 aromatic rings. The van der Waals surface area contributed by atoms with Crippen molar-refractivity contribution >= 4 is 57.6 Å². The molecule has 0 spiro atoms. The molecule has 2 N–H and O–H groups in total. The predicted molar refractivity (Wildman–Crippen MR) is 183 cm³/mol. The zero-order valence-electron chi connectivity index (χ0n) is 25.8. The number of fused-ring (bicyclic) bond motifs is 1. The van der Waals surface area contributed by atoms with Crippen molar-refractivity contribution < 1.29 is 23.8 Å². The number of amides is 1. The second kappa shape index (κ2) is 14.8. The van der Waals surface area contributed by atoms with Crippen LogP contribution < -0.4 is 25.7 Å². The van der Waals surface area contributed by atoms with Gasteiger partial charge in [-0.3, -0.25) is 19.0 Å². The summed E-state index contributed by atoms with van der Waals surface area (Å²) in [6.45, 7) is 8.08. The summed E-state index contributed by atoms with van der Waals surface area (Å²) in [7, 11) is 2.91. The first kappa shape index (κ1) is 33.6. The van der Waals surface area contributed by atoms with Crippen LogP contribution in [0.4, 0.5) is 11.6 Å². The second-order valence-corrected chi connectivity index (χ2v) is 11.6. The molecular weight excluding hydrogens is 645 g/mol. The molecule has 0 unspecified atom stereocenters. The molecule has 2 atom stereocenters. The highest BCUT2D eigenvalue weighted by atomic mass is 35.5. The van der Waals surface area contributed by atoms with E-state index in [1.165, 1.54) is 30.9 Å². The number of carbonyl (C=O) groups excluding carboxylic acids is 2. The van der Waals surface area contributed by atoms with Crippen LogP contribution in [-0.4, -0.2) is 59.7 Å². The number of halogens is 2. The van der Waals surface area contributed by atoms with Gasteiger partial charge in [0.05, 0.1) is 49.0 Å². The molecule has 1 aliphatic rings. The second-order valence-electron chi connectivity index (χ2n) is 10.8. The quantitative estimate of drug-likeness (QED) is 0.175. The van der Waals surface area contributed by atoms with Crippen molar-refractivity contribution in [3.8, 4) is 22.6 Å². The van der Waals surface area contributed by atoms with E-state index in [9.17, 15) is 14.4 Å². The Morgan fingerprint density at radius 2 is 1.79 bits per heavy atom. The number of carbonyl (C=O) groups is 2. The summed E-state index contributed by atoms with van der Waals surface area (Å²) < 4.78 is 18.1. The minimum absolute atomic E-state index is 0.00876. The fraction of sp³-hybridized carbons (Fsp3) is 0.265. The molecule has 0 bridgehead atoms. The lowest BCUT2D eigenvalue weighted by atomic mass is 9.90. The van der Waals surface area contributed by atoms with E-state index in [1.54, 1.807) is 42.6 Å². The molecule has 5 rings (SSSR count). The van der Waals surface area contributed by atoms with Gasteiger partial charge in [0.2, 0.25) is 11.9 Å². The van der Waals surface area contributed by atoms with Gasteiger partial charge in [0.25, 0.3) is 5.56 Å². The zero-order chi connectivity index (χ0) is 33.7. The van der Waals surface area contributed by atoms with Gasteiger partial charge in [-0.2, -0.15) is 4.98 Å². The van der Waals surface area contributed by atoms with Gasteiger partial charge >= 0.3 is 0 Å². The maximum atomic E-state index is 14.4. The van der Waals surface area contributed by atoms with E-state index in [0.29, 0.717) is 42.8 Å². The van der Waals surface area contributed by atoms with Crippen LogP contribution in [0.25, 0.3) is 22.2 Å². The summed E-state index contributed by atoms with van der Waals surface area (Å²) in [5, 5.41) is 6.84. The molecule has 11 nitrogen and oxygen atoms in total. The zero-order valence-corrected chi connectivity index (χ0v) is 27.4. The Kier molecular flexibility index (Phi) is 10.6. The minimum atomic E-state index is -0.430. The Labute approximate surface area is 281 Å². The van der Waals surface area contributed by atoms with Crippen LogP contribution in [0, 0.1) is 5.92 Å². The lowest BCUT2D eigenvalue weighted by Crippen LogP contribution is -2.40. The van der Waals surface area contributed by atoms with Gasteiger partial charge in [0.15, 0.2) is 5.78 Å². The Hall–Kier alpha value is -4.71. The van der Waals surface area contributed by atoms with Gasteiger partial charge in [-0.15, -0.1) is 0 Å². The maximum absolute atomic E-state index is 14.4. The van der Waals surface area contributed by atoms with Gasteiger partial charge in [0, 0.05) is 41.9 Å². The molecule has 2 aromatic heterocycles. The average molecular weight is 679 g/mol. The molecule has 3 heterocycles. The molecule has 13 heteroatoms. The van der Waals surface area contributed by atoms with Crippen molar-refractivity contribution in [2.45, 2.75) is 25.4 Å². The third kappa shape index (κ3) is 7.32. The summed E-state index contributed by atoms with van der Waals surface area (Å²) >= 11 is 13.5. The first-order valence-electron chi connectivity index (χ1n) is 14.7. The molecular formula is C34H33Cl2N5O6. The Bertz CT molecular complexity index is 1880. The number of benzene rings is 2. The molecule has 0 aliphatic carbocycles. The van der Waals surface area contributed by atoms with Crippen molar-refractivity contribution in [1.29, 1.82) is 0 Å².